The van der Waals surface area contributed by atoms with Crippen LogP contribution in [0.2, 0.25) is 0 Å². The predicted octanol–water partition coefficient (Wildman–Crippen LogP) is 2.12. The Kier molecular flexibility index (Phi) is 5.18. The molecule has 2 aliphatic rings. The highest BCUT2D eigenvalue weighted by atomic mass is 19.1. The first-order chi connectivity index (χ1) is 12.3. The number of benzene rings is 1. The summed E-state index contributed by atoms with van der Waals surface area (Å²) in [6.45, 7) is 3.86. The molecule has 1 spiro atoms. The van der Waals surface area contributed by atoms with Gasteiger partial charge in [0.1, 0.15) is 17.6 Å². The molecule has 0 aliphatic carbocycles. The SMILES string of the molecule is COc1ccc(F)cc1CN1CC2(CCN(C(C)=O)CC2)C[C@@H]1C(=O)O. The second-order valence-electron chi connectivity index (χ2n) is 7.43. The highest BCUT2D eigenvalue weighted by Crippen LogP contribution is 2.44. The fourth-order valence-corrected chi connectivity index (χ4v) is 4.30. The summed E-state index contributed by atoms with van der Waals surface area (Å²) in [4.78, 5) is 27.1. The van der Waals surface area contributed by atoms with Crippen molar-refractivity contribution < 1.29 is 23.8 Å². The molecular weight excluding hydrogens is 339 g/mol. The maximum Gasteiger partial charge on any atom is 0.320 e. The number of amides is 1. The molecule has 0 unspecified atom stereocenters. The van der Waals surface area contributed by atoms with Crippen molar-refractivity contribution in [3.8, 4) is 5.75 Å². The minimum atomic E-state index is -0.855. The molecule has 2 aliphatic heterocycles. The third-order valence-corrected chi connectivity index (χ3v) is 5.78. The molecule has 1 aromatic carbocycles. The number of halogens is 1. The summed E-state index contributed by atoms with van der Waals surface area (Å²) >= 11 is 0. The van der Waals surface area contributed by atoms with Gasteiger partial charge in [0.05, 0.1) is 7.11 Å². The summed E-state index contributed by atoms with van der Waals surface area (Å²) in [5.74, 6) is -0.598. The van der Waals surface area contributed by atoms with E-state index in [2.05, 4.69) is 0 Å². The number of carbonyl (C=O) groups excluding carboxylic acids is 1. The average Bonchev–Trinajstić information content (AvgIpc) is 2.94. The first kappa shape index (κ1) is 18.6. The number of carbonyl (C=O) groups is 2. The van der Waals surface area contributed by atoms with E-state index in [1.54, 1.807) is 13.0 Å². The van der Waals surface area contributed by atoms with Crippen LogP contribution < -0.4 is 4.74 Å². The molecule has 0 saturated carbocycles. The number of aliphatic carboxylic acids is 1. The third-order valence-electron chi connectivity index (χ3n) is 5.78. The minimum Gasteiger partial charge on any atom is -0.496 e. The van der Waals surface area contributed by atoms with Gasteiger partial charge in [0.15, 0.2) is 0 Å². The fraction of sp³-hybridized carbons (Fsp3) is 0.579. The molecule has 7 heteroatoms. The Balaban J connectivity index is 1.78. The molecule has 3 rings (SSSR count). The van der Waals surface area contributed by atoms with Gasteiger partial charge in [-0.25, -0.2) is 4.39 Å². The molecule has 1 aromatic rings. The van der Waals surface area contributed by atoms with Crippen molar-refractivity contribution >= 4 is 11.9 Å². The summed E-state index contributed by atoms with van der Waals surface area (Å²) in [6.07, 6.45) is 2.16. The summed E-state index contributed by atoms with van der Waals surface area (Å²) in [5, 5.41) is 9.69. The zero-order chi connectivity index (χ0) is 18.9. The molecule has 1 N–H and O–H groups in total. The van der Waals surface area contributed by atoms with Gasteiger partial charge in [-0.15, -0.1) is 0 Å². The monoisotopic (exact) mass is 364 g/mol. The molecular formula is C19H25FN2O4. The maximum absolute atomic E-state index is 13.7. The fourth-order valence-electron chi connectivity index (χ4n) is 4.30. The number of nitrogens with zero attached hydrogens (tertiary/aromatic N) is 2. The van der Waals surface area contributed by atoms with Crippen LogP contribution in [0.1, 0.15) is 31.7 Å². The second kappa shape index (κ2) is 7.23. The summed E-state index contributed by atoms with van der Waals surface area (Å²) in [5.41, 5.74) is 0.548. The lowest BCUT2D eigenvalue weighted by atomic mass is 9.76. The Morgan fingerprint density at radius 2 is 2.04 bits per heavy atom. The van der Waals surface area contributed by atoms with Crippen LogP contribution in [0, 0.1) is 11.2 Å². The molecule has 1 atom stereocenters. The predicted molar refractivity (Wildman–Crippen MR) is 93.3 cm³/mol. The van der Waals surface area contributed by atoms with Crippen LogP contribution in [0.5, 0.6) is 5.75 Å². The smallest absolute Gasteiger partial charge is 0.320 e. The highest BCUT2D eigenvalue weighted by Gasteiger charge is 2.48. The lowest BCUT2D eigenvalue weighted by molar-refractivity contribution is -0.142. The molecule has 6 nitrogen and oxygen atoms in total. The van der Waals surface area contributed by atoms with E-state index in [9.17, 15) is 19.1 Å². The lowest BCUT2D eigenvalue weighted by Crippen LogP contribution is -2.43. The van der Waals surface area contributed by atoms with Gasteiger partial charge in [0.2, 0.25) is 5.91 Å². The van der Waals surface area contributed by atoms with E-state index in [1.807, 2.05) is 9.80 Å². The van der Waals surface area contributed by atoms with Crippen LogP contribution >= 0.6 is 0 Å². The number of carboxylic acid groups (broad SMARTS) is 1. The van der Waals surface area contributed by atoms with Gasteiger partial charge in [-0.2, -0.15) is 0 Å². The van der Waals surface area contributed by atoms with Gasteiger partial charge in [-0.3, -0.25) is 14.5 Å². The first-order valence-corrected chi connectivity index (χ1v) is 8.88. The van der Waals surface area contributed by atoms with Crippen LogP contribution in [0.3, 0.4) is 0 Å². The zero-order valence-electron chi connectivity index (χ0n) is 15.2. The van der Waals surface area contributed by atoms with Crippen LogP contribution in [-0.2, 0) is 16.1 Å². The van der Waals surface area contributed by atoms with Crippen LogP contribution in [0.25, 0.3) is 0 Å². The summed E-state index contributed by atoms with van der Waals surface area (Å²) < 4.78 is 19.0. The maximum atomic E-state index is 13.7. The van der Waals surface area contributed by atoms with E-state index < -0.39 is 12.0 Å². The summed E-state index contributed by atoms with van der Waals surface area (Å²) in [6, 6.07) is 3.70. The molecule has 2 heterocycles. The minimum absolute atomic E-state index is 0.0639. The third kappa shape index (κ3) is 3.67. The standard InChI is InChI=1S/C19H25FN2O4/c1-13(23)21-7-5-19(6-8-21)10-16(18(24)25)22(12-19)11-14-9-15(20)3-4-17(14)26-2/h3-4,9,16H,5-8,10-12H2,1-2H3,(H,24,25)/t16-/m1/s1. The van der Waals surface area contributed by atoms with Crippen LogP contribution in [0.15, 0.2) is 18.2 Å². The molecule has 26 heavy (non-hydrogen) atoms. The van der Waals surface area contributed by atoms with Gasteiger partial charge in [0, 0.05) is 38.7 Å². The van der Waals surface area contributed by atoms with E-state index in [-0.39, 0.29) is 17.1 Å². The number of piperidine rings is 1. The highest BCUT2D eigenvalue weighted by molar-refractivity contribution is 5.74. The molecule has 2 saturated heterocycles. The number of carboxylic acids is 1. The van der Waals surface area contributed by atoms with Gasteiger partial charge in [0.25, 0.3) is 0 Å². The van der Waals surface area contributed by atoms with E-state index in [4.69, 9.17) is 4.74 Å². The molecule has 142 valence electrons. The quantitative estimate of drug-likeness (QED) is 0.886. The number of likely N-dealkylation sites (tertiary alicyclic amines) is 2. The number of rotatable bonds is 4. The van der Waals surface area contributed by atoms with Crippen molar-refractivity contribution in [3.05, 3.63) is 29.6 Å². The van der Waals surface area contributed by atoms with Crippen molar-refractivity contribution in [3.63, 3.8) is 0 Å². The number of ether oxygens (including phenoxy) is 1. The second-order valence-corrected chi connectivity index (χ2v) is 7.43. The largest absolute Gasteiger partial charge is 0.496 e. The van der Waals surface area contributed by atoms with Gasteiger partial charge in [-0.05, 0) is 42.9 Å². The van der Waals surface area contributed by atoms with E-state index in [0.717, 1.165) is 12.8 Å². The molecule has 2 fully saturated rings. The number of methoxy groups -OCH3 is 1. The summed E-state index contributed by atoms with van der Waals surface area (Å²) in [7, 11) is 1.52. The van der Waals surface area contributed by atoms with Gasteiger partial charge >= 0.3 is 5.97 Å². The van der Waals surface area contributed by atoms with Crippen LogP contribution in [0.4, 0.5) is 4.39 Å². The Morgan fingerprint density at radius 1 is 1.35 bits per heavy atom. The Morgan fingerprint density at radius 3 is 2.62 bits per heavy atom. The van der Waals surface area contributed by atoms with Gasteiger partial charge in [-0.1, -0.05) is 0 Å². The topological polar surface area (TPSA) is 70.1 Å². The normalized spacial score (nSPS) is 22.6. The number of hydrogen-bond acceptors (Lipinski definition) is 4. The zero-order valence-corrected chi connectivity index (χ0v) is 15.2. The van der Waals surface area contributed by atoms with E-state index in [0.29, 0.717) is 43.9 Å². The molecule has 1 amide bonds. The first-order valence-electron chi connectivity index (χ1n) is 8.88. The van der Waals surface area contributed by atoms with Crippen molar-refractivity contribution in [1.29, 1.82) is 0 Å². The van der Waals surface area contributed by atoms with E-state index >= 15 is 0 Å². The van der Waals surface area contributed by atoms with Crippen molar-refractivity contribution in [2.24, 2.45) is 5.41 Å². The molecule has 0 radical (unpaired) electrons. The van der Waals surface area contributed by atoms with Gasteiger partial charge < -0.3 is 14.7 Å². The average molecular weight is 364 g/mol. The Hall–Kier alpha value is -2.15. The number of hydrogen-bond donors (Lipinski definition) is 1. The Bertz CT molecular complexity index is 701. The van der Waals surface area contributed by atoms with Crippen molar-refractivity contribution in [1.82, 2.24) is 9.80 Å². The van der Waals surface area contributed by atoms with Crippen LogP contribution in [-0.4, -0.2) is 59.6 Å². The van der Waals surface area contributed by atoms with Crippen molar-refractivity contribution in [2.75, 3.05) is 26.7 Å². The molecule has 0 bridgehead atoms. The van der Waals surface area contributed by atoms with Crippen molar-refractivity contribution in [2.45, 2.75) is 38.8 Å². The van der Waals surface area contributed by atoms with E-state index in [1.165, 1.54) is 19.2 Å². The Labute approximate surface area is 152 Å². The molecule has 0 aromatic heterocycles. The lowest BCUT2D eigenvalue weighted by Gasteiger charge is -2.39.